The highest BCUT2D eigenvalue weighted by atomic mass is 16.1. The van der Waals surface area contributed by atoms with Crippen molar-refractivity contribution in [1.29, 1.82) is 0 Å². The molecule has 0 aliphatic rings. The van der Waals surface area contributed by atoms with Gasteiger partial charge in [0.25, 0.3) is 0 Å². The zero-order chi connectivity index (χ0) is 10.7. The van der Waals surface area contributed by atoms with Gasteiger partial charge in [0.2, 0.25) is 5.91 Å². The number of hydrogen-bond donors (Lipinski definition) is 1. The van der Waals surface area contributed by atoms with Crippen LogP contribution in [0.3, 0.4) is 0 Å². The molecule has 0 saturated heterocycles. The molecule has 0 aliphatic heterocycles. The van der Waals surface area contributed by atoms with Gasteiger partial charge in [0, 0.05) is 23.9 Å². The highest BCUT2D eigenvalue weighted by molar-refractivity contribution is 5.94. The van der Waals surface area contributed by atoms with Gasteiger partial charge in [0.15, 0.2) is 5.65 Å². The minimum atomic E-state index is -0.469. The number of carbonyl (C=O) groups excluding carboxylic acids is 1. The van der Waals surface area contributed by atoms with Gasteiger partial charge in [-0.25, -0.2) is 9.97 Å². The van der Waals surface area contributed by atoms with Gasteiger partial charge in [-0.3, -0.25) is 4.79 Å². The molecule has 0 saturated carbocycles. The molecule has 1 amide bonds. The number of primary amides is 1. The molecule has 0 aliphatic carbocycles. The third kappa shape index (κ3) is 1.99. The Labute approximate surface area is 86.5 Å². The molecule has 2 heterocycles. The predicted octanol–water partition coefficient (Wildman–Crippen LogP) is 1.13. The first-order valence-corrected chi connectivity index (χ1v) is 4.44. The van der Waals surface area contributed by atoms with Crippen LogP contribution in [0.15, 0.2) is 36.7 Å². The Bertz CT molecular complexity index is 529. The SMILES string of the molecule is NC(=O)C=Cc1ccnc2ncccc12. The van der Waals surface area contributed by atoms with Crippen molar-refractivity contribution >= 4 is 23.0 Å². The Morgan fingerprint density at radius 2 is 2.07 bits per heavy atom. The molecule has 0 unspecified atom stereocenters. The summed E-state index contributed by atoms with van der Waals surface area (Å²) in [5, 5.41) is 0.900. The zero-order valence-electron chi connectivity index (χ0n) is 7.92. The molecular weight excluding hydrogens is 190 g/mol. The fourth-order valence-electron chi connectivity index (χ4n) is 1.32. The third-order valence-corrected chi connectivity index (χ3v) is 1.98. The smallest absolute Gasteiger partial charge is 0.241 e. The lowest BCUT2D eigenvalue weighted by Crippen LogP contribution is -2.05. The van der Waals surface area contributed by atoms with E-state index in [9.17, 15) is 4.79 Å². The van der Waals surface area contributed by atoms with Crippen molar-refractivity contribution in [1.82, 2.24) is 9.97 Å². The summed E-state index contributed by atoms with van der Waals surface area (Å²) < 4.78 is 0. The Kier molecular flexibility index (Phi) is 2.41. The number of fused-ring (bicyclic) bond motifs is 1. The van der Waals surface area contributed by atoms with Crippen LogP contribution in [0.5, 0.6) is 0 Å². The Morgan fingerprint density at radius 3 is 2.87 bits per heavy atom. The average Bonchev–Trinajstić information content (AvgIpc) is 2.26. The maximum Gasteiger partial charge on any atom is 0.241 e. The minimum Gasteiger partial charge on any atom is -0.366 e. The lowest BCUT2D eigenvalue weighted by atomic mass is 10.1. The topological polar surface area (TPSA) is 68.9 Å². The fourth-order valence-corrected chi connectivity index (χ4v) is 1.32. The highest BCUT2D eigenvalue weighted by Crippen LogP contribution is 2.15. The van der Waals surface area contributed by atoms with Crippen LogP contribution < -0.4 is 5.73 Å². The average molecular weight is 199 g/mol. The second-order valence-electron chi connectivity index (χ2n) is 3.01. The minimum absolute atomic E-state index is 0.469. The first-order chi connectivity index (χ1) is 7.27. The number of rotatable bonds is 2. The van der Waals surface area contributed by atoms with E-state index in [0.717, 1.165) is 10.9 Å². The molecule has 2 N–H and O–H groups in total. The first-order valence-electron chi connectivity index (χ1n) is 4.44. The van der Waals surface area contributed by atoms with Crippen molar-refractivity contribution in [3.63, 3.8) is 0 Å². The van der Waals surface area contributed by atoms with Crippen molar-refractivity contribution in [2.24, 2.45) is 5.73 Å². The molecular formula is C11H9N3O. The van der Waals surface area contributed by atoms with Gasteiger partial charge in [-0.1, -0.05) is 0 Å². The summed E-state index contributed by atoms with van der Waals surface area (Å²) in [7, 11) is 0. The van der Waals surface area contributed by atoms with Crippen LogP contribution in [0.25, 0.3) is 17.1 Å². The van der Waals surface area contributed by atoms with E-state index in [1.54, 1.807) is 18.5 Å². The third-order valence-electron chi connectivity index (χ3n) is 1.98. The standard InChI is InChI=1S/C11H9N3O/c12-10(15)4-3-8-5-7-14-11-9(8)2-1-6-13-11/h1-7H,(H2,12,15). The largest absolute Gasteiger partial charge is 0.366 e. The molecule has 0 bridgehead atoms. The molecule has 4 heteroatoms. The molecule has 0 aromatic carbocycles. The van der Waals surface area contributed by atoms with E-state index >= 15 is 0 Å². The van der Waals surface area contributed by atoms with E-state index in [4.69, 9.17) is 5.73 Å². The lowest BCUT2D eigenvalue weighted by Gasteiger charge is -1.98. The normalized spacial score (nSPS) is 10.9. The van der Waals surface area contributed by atoms with E-state index in [0.29, 0.717) is 5.65 Å². The Morgan fingerprint density at radius 1 is 1.27 bits per heavy atom. The van der Waals surface area contributed by atoms with Crippen LogP contribution in [0.2, 0.25) is 0 Å². The van der Waals surface area contributed by atoms with Crippen LogP contribution in [0.1, 0.15) is 5.56 Å². The van der Waals surface area contributed by atoms with E-state index < -0.39 is 5.91 Å². The number of nitrogens with two attached hydrogens (primary N) is 1. The van der Waals surface area contributed by atoms with E-state index in [-0.39, 0.29) is 0 Å². The second kappa shape index (κ2) is 3.88. The van der Waals surface area contributed by atoms with Crippen molar-refractivity contribution < 1.29 is 4.79 Å². The summed E-state index contributed by atoms with van der Waals surface area (Å²) in [4.78, 5) is 18.8. The summed E-state index contributed by atoms with van der Waals surface area (Å²) in [5.74, 6) is -0.469. The van der Waals surface area contributed by atoms with Crippen LogP contribution >= 0.6 is 0 Å². The maximum atomic E-state index is 10.6. The van der Waals surface area contributed by atoms with Gasteiger partial charge in [0.05, 0.1) is 0 Å². The first kappa shape index (κ1) is 9.33. The van der Waals surface area contributed by atoms with Gasteiger partial charge >= 0.3 is 0 Å². The summed E-state index contributed by atoms with van der Waals surface area (Å²) in [6.07, 6.45) is 6.31. The quantitative estimate of drug-likeness (QED) is 0.737. The molecule has 0 radical (unpaired) electrons. The summed E-state index contributed by atoms with van der Waals surface area (Å²) in [6, 6.07) is 5.53. The van der Waals surface area contributed by atoms with E-state index in [2.05, 4.69) is 9.97 Å². The van der Waals surface area contributed by atoms with E-state index in [1.807, 2.05) is 18.2 Å². The fraction of sp³-hybridized carbons (Fsp3) is 0. The number of carbonyl (C=O) groups is 1. The predicted molar refractivity (Wildman–Crippen MR) is 57.8 cm³/mol. The number of amides is 1. The summed E-state index contributed by atoms with van der Waals surface area (Å²) in [5.41, 5.74) is 6.57. The van der Waals surface area contributed by atoms with Gasteiger partial charge in [0.1, 0.15) is 0 Å². The van der Waals surface area contributed by atoms with E-state index in [1.165, 1.54) is 6.08 Å². The zero-order valence-corrected chi connectivity index (χ0v) is 7.92. The second-order valence-corrected chi connectivity index (χ2v) is 3.01. The molecule has 0 spiro atoms. The van der Waals surface area contributed by atoms with Gasteiger partial charge in [-0.05, 0) is 29.8 Å². The number of pyridine rings is 2. The number of hydrogen-bond acceptors (Lipinski definition) is 3. The number of aromatic nitrogens is 2. The van der Waals surface area contributed by atoms with Crippen LogP contribution in [-0.2, 0) is 4.79 Å². The van der Waals surface area contributed by atoms with Crippen LogP contribution in [-0.4, -0.2) is 15.9 Å². The molecule has 0 fully saturated rings. The monoisotopic (exact) mass is 199 g/mol. The van der Waals surface area contributed by atoms with Crippen molar-refractivity contribution in [2.45, 2.75) is 0 Å². The molecule has 2 aromatic heterocycles. The molecule has 74 valence electrons. The molecule has 4 nitrogen and oxygen atoms in total. The highest BCUT2D eigenvalue weighted by Gasteiger charge is 1.98. The maximum absolute atomic E-state index is 10.6. The van der Waals surface area contributed by atoms with Crippen LogP contribution in [0, 0.1) is 0 Å². The van der Waals surface area contributed by atoms with Gasteiger partial charge in [-0.2, -0.15) is 0 Å². The molecule has 15 heavy (non-hydrogen) atoms. The Balaban J connectivity index is 2.56. The summed E-state index contributed by atoms with van der Waals surface area (Å²) in [6.45, 7) is 0. The van der Waals surface area contributed by atoms with Crippen molar-refractivity contribution in [3.05, 3.63) is 42.2 Å². The van der Waals surface area contributed by atoms with Crippen LogP contribution in [0.4, 0.5) is 0 Å². The Hall–Kier alpha value is -2.23. The molecule has 2 rings (SSSR count). The van der Waals surface area contributed by atoms with Gasteiger partial charge < -0.3 is 5.73 Å². The van der Waals surface area contributed by atoms with Crippen molar-refractivity contribution in [3.8, 4) is 0 Å². The molecule has 0 atom stereocenters. The summed E-state index contributed by atoms with van der Waals surface area (Å²) >= 11 is 0. The van der Waals surface area contributed by atoms with Gasteiger partial charge in [-0.15, -0.1) is 0 Å². The van der Waals surface area contributed by atoms with Crippen molar-refractivity contribution in [2.75, 3.05) is 0 Å². The lowest BCUT2D eigenvalue weighted by molar-refractivity contribution is -0.113. The number of nitrogens with zero attached hydrogens (tertiary/aromatic N) is 2. The molecule has 2 aromatic rings.